The number of carbonyl (C=O) groups excluding carboxylic acids is 1. The zero-order valence-corrected chi connectivity index (χ0v) is 21.3. The second-order valence-electron chi connectivity index (χ2n) is 10.7. The molecule has 1 amide bonds. The first kappa shape index (κ1) is 23.8. The van der Waals surface area contributed by atoms with E-state index in [2.05, 4.69) is 41.1 Å². The SMILES string of the molecule is CC(C)n1nc(C(=O)NC2C[C@H]3CC[C@@H](C2)N3CCN(C)[C@@H]2CCS(=O)(=O)C2)c2ccccc21. The predicted molar refractivity (Wildman–Crippen MR) is 134 cm³/mol. The molecule has 3 saturated heterocycles. The summed E-state index contributed by atoms with van der Waals surface area (Å²) >= 11 is 0. The van der Waals surface area contributed by atoms with Gasteiger partial charge in [-0.3, -0.25) is 14.4 Å². The Labute approximate surface area is 202 Å². The monoisotopic (exact) mass is 487 g/mol. The molecule has 3 aliphatic rings. The molecule has 0 radical (unpaired) electrons. The lowest BCUT2D eigenvalue weighted by Gasteiger charge is -2.40. The van der Waals surface area contributed by atoms with E-state index in [0.717, 1.165) is 43.3 Å². The molecule has 4 heterocycles. The van der Waals surface area contributed by atoms with Gasteiger partial charge in [0.05, 0.1) is 17.0 Å². The van der Waals surface area contributed by atoms with E-state index in [4.69, 9.17) is 0 Å². The van der Waals surface area contributed by atoms with Crippen molar-refractivity contribution in [1.82, 2.24) is 24.9 Å². The first-order chi connectivity index (χ1) is 16.2. The molecule has 5 rings (SSSR count). The van der Waals surface area contributed by atoms with Gasteiger partial charge in [0.25, 0.3) is 5.91 Å². The lowest BCUT2D eigenvalue weighted by molar-refractivity contribution is 0.0803. The molecule has 3 fully saturated rings. The van der Waals surface area contributed by atoms with Gasteiger partial charge in [0.1, 0.15) is 0 Å². The highest BCUT2D eigenvalue weighted by Gasteiger charge is 2.41. The summed E-state index contributed by atoms with van der Waals surface area (Å²) in [5.74, 6) is 0.546. The lowest BCUT2D eigenvalue weighted by Crippen LogP contribution is -2.52. The first-order valence-corrected chi connectivity index (χ1v) is 14.5. The summed E-state index contributed by atoms with van der Waals surface area (Å²) < 4.78 is 25.6. The van der Waals surface area contributed by atoms with E-state index < -0.39 is 9.84 Å². The summed E-state index contributed by atoms with van der Waals surface area (Å²) in [4.78, 5) is 18.1. The van der Waals surface area contributed by atoms with Crippen molar-refractivity contribution in [2.24, 2.45) is 0 Å². The van der Waals surface area contributed by atoms with Crippen molar-refractivity contribution in [2.75, 3.05) is 31.6 Å². The van der Waals surface area contributed by atoms with Crippen LogP contribution in [0.15, 0.2) is 24.3 Å². The van der Waals surface area contributed by atoms with E-state index in [1.807, 2.05) is 28.9 Å². The van der Waals surface area contributed by atoms with Gasteiger partial charge < -0.3 is 10.2 Å². The third kappa shape index (κ3) is 4.62. The van der Waals surface area contributed by atoms with Crippen molar-refractivity contribution in [3.8, 4) is 0 Å². The van der Waals surface area contributed by atoms with Gasteiger partial charge in [-0.15, -0.1) is 0 Å². The molecule has 186 valence electrons. The number of piperidine rings is 1. The van der Waals surface area contributed by atoms with E-state index in [-0.39, 0.29) is 24.0 Å². The van der Waals surface area contributed by atoms with Crippen LogP contribution in [0.1, 0.15) is 62.5 Å². The number of fused-ring (bicyclic) bond motifs is 3. The van der Waals surface area contributed by atoms with Crippen LogP contribution >= 0.6 is 0 Å². The molecule has 3 aliphatic heterocycles. The number of carbonyl (C=O) groups is 1. The zero-order valence-electron chi connectivity index (χ0n) is 20.5. The normalized spacial score (nSPS) is 28.9. The van der Waals surface area contributed by atoms with Crippen LogP contribution in [0, 0.1) is 0 Å². The lowest BCUT2D eigenvalue weighted by atomic mass is 9.97. The Hall–Kier alpha value is -1.97. The fourth-order valence-electron chi connectivity index (χ4n) is 6.24. The number of para-hydroxylation sites is 1. The highest BCUT2D eigenvalue weighted by Crippen LogP contribution is 2.36. The average Bonchev–Trinajstić information content (AvgIpc) is 3.43. The summed E-state index contributed by atoms with van der Waals surface area (Å²) in [6.07, 6.45) is 5.02. The maximum absolute atomic E-state index is 13.2. The van der Waals surface area contributed by atoms with E-state index >= 15 is 0 Å². The number of hydrogen-bond donors (Lipinski definition) is 1. The van der Waals surface area contributed by atoms with Crippen LogP contribution in [0.25, 0.3) is 10.9 Å². The first-order valence-electron chi connectivity index (χ1n) is 12.7. The molecule has 4 atom stereocenters. The minimum atomic E-state index is -2.85. The maximum Gasteiger partial charge on any atom is 0.272 e. The number of rotatable bonds is 7. The van der Waals surface area contributed by atoms with Gasteiger partial charge >= 0.3 is 0 Å². The largest absolute Gasteiger partial charge is 0.348 e. The summed E-state index contributed by atoms with van der Waals surface area (Å²) in [5, 5.41) is 8.87. The molecule has 1 aromatic carbocycles. The molecule has 1 aromatic heterocycles. The fourth-order valence-corrected chi connectivity index (χ4v) is 8.05. The van der Waals surface area contributed by atoms with Gasteiger partial charge in [-0.25, -0.2) is 8.42 Å². The predicted octanol–water partition coefficient (Wildman–Crippen LogP) is 2.46. The number of likely N-dealkylation sites (N-methyl/N-ethyl adjacent to an activating group) is 1. The molecule has 8 nitrogen and oxygen atoms in total. The molecule has 9 heteroatoms. The third-order valence-electron chi connectivity index (χ3n) is 8.08. The number of nitrogens with zero attached hydrogens (tertiary/aromatic N) is 4. The van der Waals surface area contributed by atoms with E-state index in [1.54, 1.807) is 0 Å². The molecule has 34 heavy (non-hydrogen) atoms. The third-order valence-corrected chi connectivity index (χ3v) is 9.83. The molecule has 1 unspecified atom stereocenters. The Bertz CT molecular complexity index is 1150. The van der Waals surface area contributed by atoms with E-state index in [1.165, 1.54) is 12.8 Å². The second-order valence-corrected chi connectivity index (χ2v) is 12.9. The van der Waals surface area contributed by atoms with Crippen LogP contribution in [-0.2, 0) is 9.84 Å². The number of benzene rings is 1. The molecule has 0 aliphatic carbocycles. The number of aromatic nitrogens is 2. The van der Waals surface area contributed by atoms with Gasteiger partial charge in [0.2, 0.25) is 0 Å². The zero-order chi connectivity index (χ0) is 24.0. The van der Waals surface area contributed by atoms with Crippen LogP contribution in [0.4, 0.5) is 0 Å². The molecule has 2 aromatic rings. The average molecular weight is 488 g/mol. The van der Waals surface area contributed by atoms with Gasteiger partial charge in [0.15, 0.2) is 15.5 Å². The molecule has 1 N–H and O–H groups in total. The number of hydrogen-bond acceptors (Lipinski definition) is 6. The fraction of sp³-hybridized carbons (Fsp3) is 0.680. The van der Waals surface area contributed by atoms with Crippen LogP contribution in [-0.4, -0.2) is 89.7 Å². The summed E-state index contributed by atoms with van der Waals surface area (Å²) in [6, 6.07) is 9.42. The van der Waals surface area contributed by atoms with Crippen molar-refractivity contribution in [1.29, 1.82) is 0 Å². The van der Waals surface area contributed by atoms with Crippen LogP contribution in [0.5, 0.6) is 0 Å². The highest BCUT2D eigenvalue weighted by molar-refractivity contribution is 7.91. The van der Waals surface area contributed by atoms with Gasteiger partial charge in [0, 0.05) is 48.7 Å². The molecule has 2 bridgehead atoms. The van der Waals surface area contributed by atoms with E-state index in [9.17, 15) is 13.2 Å². The highest BCUT2D eigenvalue weighted by atomic mass is 32.2. The summed E-state index contributed by atoms with van der Waals surface area (Å²) in [5.41, 5.74) is 1.52. The Morgan fingerprint density at radius 1 is 1.18 bits per heavy atom. The number of nitrogens with one attached hydrogen (secondary N) is 1. The van der Waals surface area contributed by atoms with E-state index in [0.29, 0.717) is 29.3 Å². The standard InChI is InChI=1S/C25H37N5O3S/c1-17(2)30-23-7-5-4-6-22(23)24(27-30)25(31)26-18-14-19-8-9-20(15-18)29(19)12-11-28(3)21-10-13-34(32,33)16-21/h4-7,17-21H,8-16H2,1-3H3,(H,26,31)/t18?,19-,20+,21-/m1/s1. The maximum atomic E-state index is 13.2. The molecule has 0 spiro atoms. The Kier molecular flexibility index (Phi) is 6.46. The number of sulfone groups is 1. The number of amides is 1. The molecule has 0 saturated carbocycles. The minimum Gasteiger partial charge on any atom is -0.348 e. The van der Waals surface area contributed by atoms with Gasteiger partial charge in [-0.05, 0) is 59.1 Å². The Morgan fingerprint density at radius 3 is 2.53 bits per heavy atom. The second kappa shape index (κ2) is 9.24. The minimum absolute atomic E-state index is 0.0735. The summed E-state index contributed by atoms with van der Waals surface area (Å²) in [7, 11) is -0.797. The van der Waals surface area contributed by atoms with Crippen molar-refractivity contribution < 1.29 is 13.2 Å². The molecular weight excluding hydrogens is 450 g/mol. The van der Waals surface area contributed by atoms with Crippen molar-refractivity contribution in [2.45, 2.75) is 76.2 Å². The Balaban J connectivity index is 1.20. The van der Waals surface area contributed by atoms with Crippen LogP contribution < -0.4 is 5.32 Å². The summed E-state index contributed by atoms with van der Waals surface area (Å²) in [6.45, 7) is 6.02. The van der Waals surface area contributed by atoms with Gasteiger partial charge in [-0.1, -0.05) is 18.2 Å². The smallest absolute Gasteiger partial charge is 0.272 e. The van der Waals surface area contributed by atoms with Crippen LogP contribution in [0.2, 0.25) is 0 Å². The van der Waals surface area contributed by atoms with Crippen LogP contribution in [0.3, 0.4) is 0 Å². The Morgan fingerprint density at radius 2 is 1.88 bits per heavy atom. The van der Waals surface area contributed by atoms with Crippen molar-refractivity contribution in [3.05, 3.63) is 30.0 Å². The van der Waals surface area contributed by atoms with Crippen molar-refractivity contribution >= 4 is 26.6 Å². The topological polar surface area (TPSA) is 87.5 Å². The quantitative estimate of drug-likeness (QED) is 0.646. The van der Waals surface area contributed by atoms with Crippen molar-refractivity contribution in [3.63, 3.8) is 0 Å². The van der Waals surface area contributed by atoms with Gasteiger partial charge in [-0.2, -0.15) is 5.10 Å². The molecular formula is C25H37N5O3S.